The predicted molar refractivity (Wildman–Crippen MR) is 108 cm³/mol. The largest absolute Gasteiger partial charge is 0.461 e. The molecule has 6 nitrogen and oxygen atoms in total. The van der Waals surface area contributed by atoms with Crippen LogP contribution in [0.5, 0.6) is 0 Å². The van der Waals surface area contributed by atoms with Crippen LogP contribution in [-0.2, 0) is 4.74 Å². The Morgan fingerprint density at radius 2 is 1.69 bits per heavy atom. The third kappa shape index (κ3) is 4.55. The number of halogens is 1. The van der Waals surface area contributed by atoms with Gasteiger partial charge < -0.3 is 14.6 Å². The van der Waals surface area contributed by atoms with Gasteiger partial charge in [0.15, 0.2) is 5.78 Å². The van der Waals surface area contributed by atoms with Crippen molar-refractivity contribution < 1.29 is 23.5 Å². The predicted octanol–water partition coefficient (Wildman–Crippen LogP) is 4.07. The van der Waals surface area contributed by atoms with Crippen LogP contribution in [0, 0.1) is 19.7 Å². The van der Waals surface area contributed by atoms with Gasteiger partial charge in [-0.05, 0) is 71.4 Å². The summed E-state index contributed by atoms with van der Waals surface area (Å²) in [5.41, 5.74) is 1.95. The molecule has 1 heterocycles. The van der Waals surface area contributed by atoms with Crippen molar-refractivity contribution in [3.05, 3.63) is 58.2 Å². The minimum atomic E-state index is -0.782. The Kier molecular flexibility index (Phi) is 6.95. The Hall–Kier alpha value is -2.96. The number of aryl methyl sites for hydroxylation is 1. The number of ether oxygens (including phenoxy) is 1. The molecule has 2 rings (SSSR count). The highest BCUT2D eigenvalue weighted by Gasteiger charge is 2.33. The minimum absolute atomic E-state index is 0.226. The quantitative estimate of drug-likeness (QED) is 0.559. The Balaban J connectivity index is 2.39. The number of nitrogens with one attached hydrogen (secondary N) is 1. The molecule has 1 atom stereocenters. The molecule has 29 heavy (non-hydrogen) atoms. The van der Waals surface area contributed by atoms with E-state index in [1.54, 1.807) is 27.7 Å². The lowest BCUT2D eigenvalue weighted by molar-refractivity contribution is 0.0518. The molecule has 1 aromatic heterocycles. The van der Waals surface area contributed by atoms with Gasteiger partial charge in [-0.1, -0.05) is 0 Å². The van der Waals surface area contributed by atoms with Crippen molar-refractivity contribution in [2.45, 2.75) is 53.6 Å². The van der Waals surface area contributed by atoms with Crippen molar-refractivity contribution in [3.63, 3.8) is 0 Å². The number of aromatic amines is 1. The first kappa shape index (κ1) is 22.3. The van der Waals surface area contributed by atoms with Crippen LogP contribution >= 0.6 is 0 Å². The number of Topliss-reactive ketones (excluding diaryl/α,β-unsaturated/α-hetero) is 1. The first-order valence-corrected chi connectivity index (χ1v) is 9.58. The van der Waals surface area contributed by atoms with E-state index in [2.05, 4.69) is 4.98 Å². The zero-order chi connectivity index (χ0) is 21.9. The average molecular weight is 402 g/mol. The topological polar surface area (TPSA) is 79.5 Å². The molecule has 0 aliphatic rings. The van der Waals surface area contributed by atoms with Crippen LogP contribution in [-0.4, -0.2) is 46.2 Å². The van der Waals surface area contributed by atoms with Crippen LogP contribution in [0.3, 0.4) is 0 Å². The maximum Gasteiger partial charge on any atom is 0.355 e. The molecule has 0 aliphatic carbocycles. The number of aromatic nitrogens is 1. The molecule has 1 amide bonds. The van der Waals surface area contributed by atoms with Crippen LogP contribution in [0.2, 0.25) is 0 Å². The maximum atomic E-state index is 13.3. The van der Waals surface area contributed by atoms with Gasteiger partial charge in [-0.25, -0.2) is 9.18 Å². The third-order valence-electron chi connectivity index (χ3n) is 4.84. The Labute approximate surface area is 170 Å². The molecule has 0 fully saturated rings. The normalized spacial score (nSPS) is 12.0. The number of hydrogen-bond acceptors (Lipinski definition) is 4. The lowest BCUT2D eigenvalue weighted by atomic mass is 9.98. The standard InChI is InChI=1S/C22H27FN2O4/c1-7-29-22(28)19-13(4)18(14(5)24-19)20(26)15(6)25(12(2)3)21(27)16-8-10-17(23)11-9-16/h8-12,15,24H,7H2,1-6H3/t15-/m0/s1. The van der Waals surface area contributed by atoms with E-state index in [-0.39, 0.29) is 30.0 Å². The summed E-state index contributed by atoms with van der Waals surface area (Å²) in [7, 11) is 0. The summed E-state index contributed by atoms with van der Waals surface area (Å²) >= 11 is 0. The number of carbonyl (C=O) groups is 3. The van der Waals surface area contributed by atoms with Crippen molar-refractivity contribution in [3.8, 4) is 0 Å². The molecular formula is C22H27FN2O4. The van der Waals surface area contributed by atoms with Gasteiger partial charge in [0, 0.05) is 22.9 Å². The molecule has 1 aromatic carbocycles. The van der Waals surface area contributed by atoms with Gasteiger partial charge in [-0.3, -0.25) is 9.59 Å². The van der Waals surface area contributed by atoms with Crippen LogP contribution in [0.15, 0.2) is 24.3 Å². The molecule has 0 radical (unpaired) electrons. The lowest BCUT2D eigenvalue weighted by Gasteiger charge is -2.32. The summed E-state index contributed by atoms with van der Waals surface area (Å²) in [6.45, 7) is 10.6. The third-order valence-corrected chi connectivity index (χ3v) is 4.84. The van der Waals surface area contributed by atoms with Gasteiger partial charge in [-0.15, -0.1) is 0 Å². The number of benzene rings is 1. The van der Waals surface area contributed by atoms with Crippen molar-refractivity contribution in [2.75, 3.05) is 6.61 Å². The van der Waals surface area contributed by atoms with Crippen molar-refractivity contribution in [1.29, 1.82) is 0 Å². The minimum Gasteiger partial charge on any atom is -0.461 e. The van der Waals surface area contributed by atoms with Gasteiger partial charge in [0.05, 0.1) is 12.6 Å². The fraction of sp³-hybridized carbons (Fsp3) is 0.409. The molecule has 7 heteroatoms. The van der Waals surface area contributed by atoms with Crippen LogP contribution < -0.4 is 0 Å². The smallest absolute Gasteiger partial charge is 0.355 e. The highest BCUT2D eigenvalue weighted by atomic mass is 19.1. The maximum absolute atomic E-state index is 13.3. The summed E-state index contributed by atoms with van der Waals surface area (Å²) in [6, 6.07) is 4.17. The van der Waals surface area contributed by atoms with Crippen molar-refractivity contribution >= 4 is 17.7 Å². The Morgan fingerprint density at radius 3 is 2.21 bits per heavy atom. The fourth-order valence-electron chi connectivity index (χ4n) is 3.46. The van der Waals surface area contributed by atoms with Crippen LogP contribution in [0.1, 0.15) is 70.2 Å². The number of nitrogens with zero attached hydrogens (tertiary/aromatic N) is 1. The molecule has 0 saturated carbocycles. The zero-order valence-corrected chi connectivity index (χ0v) is 17.6. The summed E-state index contributed by atoms with van der Waals surface area (Å²) in [4.78, 5) is 42.8. The van der Waals surface area contributed by atoms with E-state index in [0.717, 1.165) is 0 Å². The zero-order valence-electron chi connectivity index (χ0n) is 17.6. The second kappa shape index (κ2) is 9.03. The SMILES string of the molecule is CCOC(=O)c1[nH]c(C)c(C(=O)[C@H](C)N(C(=O)c2ccc(F)cc2)C(C)C)c1C. The van der Waals surface area contributed by atoms with Gasteiger partial charge >= 0.3 is 5.97 Å². The highest BCUT2D eigenvalue weighted by molar-refractivity contribution is 6.07. The highest BCUT2D eigenvalue weighted by Crippen LogP contribution is 2.24. The van der Waals surface area contributed by atoms with Crippen molar-refractivity contribution in [2.24, 2.45) is 0 Å². The van der Waals surface area contributed by atoms with Gasteiger partial charge in [0.25, 0.3) is 5.91 Å². The first-order chi connectivity index (χ1) is 13.6. The molecule has 1 N–H and O–H groups in total. The number of amides is 1. The number of hydrogen-bond donors (Lipinski definition) is 1. The van der Waals surface area contributed by atoms with Gasteiger partial charge in [0.2, 0.25) is 0 Å². The van der Waals surface area contributed by atoms with E-state index in [9.17, 15) is 18.8 Å². The summed E-state index contributed by atoms with van der Waals surface area (Å²) < 4.78 is 18.2. The Morgan fingerprint density at radius 1 is 1.10 bits per heavy atom. The molecule has 0 bridgehead atoms. The lowest BCUT2D eigenvalue weighted by Crippen LogP contribution is -2.47. The fourth-order valence-corrected chi connectivity index (χ4v) is 3.46. The molecule has 0 unspecified atom stereocenters. The summed E-state index contributed by atoms with van der Waals surface area (Å²) in [5.74, 6) is -1.61. The second-order valence-electron chi connectivity index (χ2n) is 7.20. The van der Waals surface area contributed by atoms with E-state index in [1.807, 2.05) is 13.8 Å². The molecule has 0 saturated heterocycles. The average Bonchev–Trinajstić information content (AvgIpc) is 2.96. The van der Waals surface area contributed by atoms with E-state index < -0.39 is 17.8 Å². The second-order valence-corrected chi connectivity index (χ2v) is 7.20. The van der Waals surface area contributed by atoms with E-state index >= 15 is 0 Å². The van der Waals surface area contributed by atoms with E-state index in [0.29, 0.717) is 22.4 Å². The Bertz CT molecular complexity index is 916. The van der Waals surface area contributed by atoms with E-state index in [4.69, 9.17) is 4.74 Å². The number of carbonyl (C=O) groups excluding carboxylic acids is 3. The number of H-pyrrole nitrogens is 1. The molecule has 156 valence electrons. The number of esters is 1. The summed E-state index contributed by atoms with van der Waals surface area (Å²) in [6.07, 6.45) is 0. The molecule has 0 spiro atoms. The van der Waals surface area contributed by atoms with Gasteiger partial charge in [0.1, 0.15) is 11.5 Å². The first-order valence-electron chi connectivity index (χ1n) is 9.58. The number of ketones is 1. The monoisotopic (exact) mass is 402 g/mol. The molecule has 2 aromatic rings. The molecular weight excluding hydrogens is 375 g/mol. The van der Waals surface area contributed by atoms with E-state index in [1.165, 1.54) is 29.2 Å². The van der Waals surface area contributed by atoms with Crippen molar-refractivity contribution in [1.82, 2.24) is 9.88 Å². The van der Waals surface area contributed by atoms with Crippen LogP contribution in [0.4, 0.5) is 4.39 Å². The van der Waals surface area contributed by atoms with Gasteiger partial charge in [-0.2, -0.15) is 0 Å². The number of rotatable bonds is 7. The molecule has 0 aliphatic heterocycles. The summed E-state index contributed by atoms with van der Waals surface area (Å²) in [5, 5.41) is 0. The van der Waals surface area contributed by atoms with Crippen LogP contribution in [0.25, 0.3) is 0 Å².